The molecule has 33 heavy (non-hydrogen) atoms. The third-order valence-corrected chi connectivity index (χ3v) is 4.91. The van der Waals surface area contributed by atoms with Crippen LogP contribution in [0.15, 0.2) is 0 Å². The maximum Gasteiger partial charge on any atom is 0.303 e. The Hall–Kier alpha value is -2.51. The Morgan fingerprint density at radius 2 is 1.45 bits per heavy atom. The molecule has 12 nitrogen and oxygen atoms in total. The van der Waals surface area contributed by atoms with Gasteiger partial charge in [-0.1, -0.05) is 0 Å². The summed E-state index contributed by atoms with van der Waals surface area (Å²) in [5.74, 6) is -2.75. The highest BCUT2D eigenvalue weighted by molar-refractivity contribution is 7.80. The van der Waals surface area contributed by atoms with Gasteiger partial charge in [-0.2, -0.15) is 0 Å². The van der Waals surface area contributed by atoms with E-state index in [9.17, 15) is 19.2 Å². The van der Waals surface area contributed by atoms with Crippen LogP contribution in [0, 0.1) is 0 Å². The molecule has 0 radical (unpaired) electrons. The zero-order valence-electron chi connectivity index (χ0n) is 18.9. The summed E-state index contributed by atoms with van der Waals surface area (Å²) in [4.78, 5) is 46.7. The summed E-state index contributed by atoms with van der Waals surface area (Å²) in [6.07, 6.45) is -4.39. The number of rotatable bonds is 8. The number of hydrogen-bond donors (Lipinski definition) is 1. The van der Waals surface area contributed by atoms with Gasteiger partial charge in [-0.3, -0.25) is 19.2 Å². The number of esters is 4. The maximum atomic E-state index is 11.8. The van der Waals surface area contributed by atoms with Crippen molar-refractivity contribution in [2.75, 3.05) is 19.8 Å². The van der Waals surface area contributed by atoms with Crippen LogP contribution in [0.4, 0.5) is 0 Å². The molecule has 0 spiro atoms. The Bertz CT molecular complexity index is 740. The van der Waals surface area contributed by atoms with Crippen LogP contribution in [0.25, 0.3) is 0 Å². The van der Waals surface area contributed by atoms with E-state index in [4.69, 9.17) is 45.4 Å². The zero-order chi connectivity index (χ0) is 24.5. The quantitative estimate of drug-likeness (QED) is 0.279. The Labute approximate surface area is 196 Å². The minimum atomic E-state index is -1.29. The molecular formula is C20H29NO11S. The summed E-state index contributed by atoms with van der Waals surface area (Å²) in [6, 6.07) is 0. The van der Waals surface area contributed by atoms with Crippen LogP contribution < -0.4 is 5.32 Å². The molecule has 2 fully saturated rings. The second kappa shape index (κ2) is 12.7. The highest BCUT2D eigenvalue weighted by Crippen LogP contribution is 2.28. The van der Waals surface area contributed by atoms with Crippen molar-refractivity contribution in [3.05, 3.63) is 0 Å². The first kappa shape index (κ1) is 26.7. The smallest absolute Gasteiger partial charge is 0.303 e. The molecule has 0 aliphatic carbocycles. The first-order chi connectivity index (χ1) is 15.6. The Morgan fingerprint density at radius 1 is 0.848 bits per heavy atom. The maximum absolute atomic E-state index is 11.8. The van der Waals surface area contributed by atoms with E-state index >= 15 is 0 Å². The number of ether oxygens (including phenoxy) is 7. The van der Waals surface area contributed by atoms with Gasteiger partial charge in [0.05, 0.1) is 6.10 Å². The van der Waals surface area contributed by atoms with Crippen LogP contribution >= 0.6 is 12.2 Å². The van der Waals surface area contributed by atoms with Crippen molar-refractivity contribution in [3.8, 4) is 0 Å². The standard InChI is InChI=1S/C20H29NO11S/c1-10(22)27-9-15-16(29-11(2)23)17(30-12(3)24)18(31-13(4)25)19(32-15)21-20(33)28-8-14-6-5-7-26-14/h14-19H,5-9H2,1-4H3,(H,21,33)/t14?,15-,16-,17+,18-,19-/m1/s1. The molecule has 0 aromatic carbocycles. The average molecular weight is 492 g/mol. The Kier molecular flexibility index (Phi) is 10.3. The van der Waals surface area contributed by atoms with Gasteiger partial charge in [0.2, 0.25) is 0 Å². The molecule has 2 aliphatic rings. The van der Waals surface area contributed by atoms with E-state index in [2.05, 4.69) is 5.32 Å². The number of thiocarbonyl (C=S) groups is 1. The van der Waals surface area contributed by atoms with Crippen molar-refractivity contribution >= 4 is 41.3 Å². The molecule has 6 atom stereocenters. The number of carbonyl (C=O) groups is 4. The van der Waals surface area contributed by atoms with Gasteiger partial charge in [0.25, 0.3) is 5.17 Å². The molecule has 0 aromatic heterocycles. The second-order valence-electron chi connectivity index (χ2n) is 7.50. The molecule has 0 saturated carbocycles. The Balaban J connectivity index is 2.25. The molecule has 0 aromatic rings. The molecule has 2 heterocycles. The van der Waals surface area contributed by atoms with Gasteiger partial charge in [0, 0.05) is 34.3 Å². The number of nitrogens with one attached hydrogen (secondary N) is 1. The van der Waals surface area contributed by atoms with Crippen LogP contribution in [0.2, 0.25) is 0 Å². The molecule has 1 unspecified atom stereocenters. The van der Waals surface area contributed by atoms with E-state index in [1.165, 1.54) is 6.92 Å². The lowest BCUT2D eigenvalue weighted by atomic mass is 9.97. The van der Waals surface area contributed by atoms with Gasteiger partial charge < -0.3 is 38.5 Å². The fourth-order valence-electron chi connectivity index (χ4n) is 3.45. The molecule has 2 aliphatic heterocycles. The van der Waals surface area contributed by atoms with Crippen molar-refractivity contribution < 1.29 is 52.3 Å². The molecule has 13 heteroatoms. The lowest BCUT2D eigenvalue weighted by Crippen LogP contribution is -2.66. The number of carbonyl (C=O) groups excluding carboxylic acids is 4. The van der Waals surface area contributed by atoms with Crippen molar-refractivity contribution in [2.45, 2.75) is 77.3 Å². The molecular weight excluding hydrogens is 462 g/mol. The lowest BCUT2D eigenvalue weighted by molar-refractivity contribution is -0.255. The zero-order valence-corrected chi connectivity index (χ0v) is 19.7. The molecule has 186 valence electrons. The van der Waals surface area contributed by atoms with Crippen LogP contribution in [-0.2, 0) is 52.3 Å². The van der Waals surface area contributed by atoms with Crippen LogP contribution in [-0.4, -0.2) is 85.6 Å². The average Bonchev–Trinajstić information content (AvgIpc) is 3.22. The summed E-state index contributed by atoms with van der Waals surface area (Å²) < 4.78 is 37.9. The van der Waals surface area contributed by atoms with Crippen molar-refractivity contribution in [3.63, 3.8) is 0 Å². The van der Waals surface area contributed by atoms with Crippen LogP contribution in [0.3, 0.4) is 0 Å². The fraction of sp³-hybridized carbons (Fsp3) is 0.750. The van der Waals surface area contributed by atoms with E-state index < -0.39 is 54.5 Å². The third kappa shape index (κ3) is 8.74. The van der Waals surface area contributed by atoms with E-state index in [1.807, 2.05) is 0 Å². The largest absolute Gasteiger partial charge is 0.468 e. The second-order valence-corrected chi connectivity index (χ2v) is 7.87. The van der Waals surface area contributed by atoms with Gasteiger partial charge in [-0.25, -0.2) is 0 Å². The molecule has 0 amide bonds. The number of hydrogen-bond acceptors (Lipinski definition) is 12. The third-order valence-electron chi connectivity index (χ3n) is 4.68. The lowest BCUT2D eigenvalue weighted by Gasteiger charge is -2.44. The first-order valence-electron chi connectivity index (χ1n) is 10.4. The van der Waals surface area contributed by atoms with Crippen molar-refractivity contribution in [2.24, 2.45) is 0 Å². The van der Waals surface area contributed by atoms with Gasteiger partial charge in [0.15, 0.2) is 24.5 Å². The molecule has 1 N–H and O–H groups in total. The van der Waals surface area contributed by atoms with Gasteiger partial charge >= 0.3 is 23.9 Å². The monoisotopic (exact) mass is 491 g/mol. The van der Waals surface area contributed by atoms with E-state index in [0.717, 1.165) is 33.6 Å². The normalized spacial score (nSPS) is 28.8. The van der Waals surface area contributed by atoms with E-state index in [1.54, 1.807) is 0 Å². The SMILES string of the molecule is CC(=O)OC[C@H]1O[C@@H](NC(=S)OCC2CCCO2)[C@H](OC(C)=O)[C@@H](OC(C)=O)[C@@H]1OC(C)=O. The minimum Gasteiger partial charge on any atom is -0.468 e. The topological polar surface area (TPSA) is 145 Å². The molecule has 2 rings (SSSR count). The highest BCUT2D eigenvalue weighted by Gasteiger charge is 2.52. The fourth-order valence-corrected chi connectivity index (χ4v) is 3.63. The highest BCUT2D eigenvalue weighted by atomic mass is 32.1. The van der Waals surface area contributed by atoms with Gasteiger partial charge in [-0.15, -0.1) is 0 Å². The van der Waals surface area contributed by atoms with Gasteiger partial charge in [0.1, 0.15) is 19.3 Å². The van der Waals surface area contributed by atoms with E-state index in [0.29, 0.717) is 6.61 Å². The van der Waals surface area contributed by atoms with Crippen molar-refractivity contribution in [1.29, 1.82) is 0 Å². The summed E-state index contributed by atoms with van der Waals surface area (Å²) >= 11 is 5.22. The van der Waals surface area contributed by atoms with E-state index in [-0.39, 0.29) is 24.5 Å². The summed E-state index contributed by atoms with van der Waals surface area (Å²) in [6.45, 7) is 5.15. The Morgan fingerprint density at radius 3 is 2.00 bits per heavy atom. The predicted molar refractivity (Wildman–Crippen MR) is 113 cm³/mol. The summed E-state index contributed by atoms with van der Waals surface area (Å²) in [5, 5.41) is 2.70. The first-order valence-corrected chi connectivity index (χ1v) is 10.8. The predicted octanol–water partition coefficient (Wildman–Crippen LogP) is 0.140. The van der Waals surface area contributed by atoms with Crippen molar-refractivity contribution in [1.82, 2.24) is 5.32 Å². The minimum absolute atomic E-state index is 0.0774. The van der Waals surface area contributed by atoms with Crippen LogP contribution in [0.5, 0.6) is 0 Å². The van der Waals surface area contributed by atoms with Crippen LogP contribution in [0.1, 0.15) is 40.5 Å². The van der Waals surface area contributed by atoms with Gasteiger partial charge in [-0.05, 0) is 25.1 Å². The summed E-state index contributed by atoms with van der Waals surface area (Å²) in [7, 11) is 0. The summed E-state index contributed by atoms with van der Waals surface area (Å²) in [5.41, 5.74) is 0. The molecule has 2 saturated heterocycles. The molecule has 0 bridgehead atoms.